The molecule has 1 aromatic rings. The Morgan fingerprint density at radius 3 is 3.06 bits per heavy atom. The Labute approximate surface area is 100 Å². The molecule has 17 heavy (non-hydrogen) atoms. The van der Waals surface area contributed by atoms with Crippen LogP contribution in [-0.4, -0.2) is 36.2 Å². The minimum Gasteiger partial charge on any atom is -0.385 e. The van der Waals surface area contributed by atoms with Gasteiger partial charge in [-0.2, -0.15) is 0 Å². The van der Waals surface area contributed by atoms with Crippen LogP contribution in [-0.2, 0) is 4.74 Å². The third-order valence-electron chi connectivity index (χ3n) is 3.16. The van der Waals surface area contributed by atoms with Gasteiger partial charge >= 0.3 is 0 Å². The van der Waals surface area contributed by atoms with E-state index in [0.29, 0.717) is 5.82 Å². The molecular weight excluding hydrogens is 216 g/mol. The summed E-state index contributed by atoms with van der Waals surface area (Å²) in [5.41, 5.74) is 8.05. The van der Waals surface area contributed by atoms with E-state index in [1.165, 1.54) is 0 Å². The van der Waals surface area contributed by atoms with Crippen molar-refractivity contribution >= 4 is 6.08 Å². The van der Waals surface area contributed by atoms with Crippen LogP contribution in [0, 0.1) is 0 Å². The number of nitrogens with one attached hydrogen (secondary N) is 1. The van der Waals surface area contributed by atoms with E-state index in [4.69, 9.17) is 10.5 Å². The van der Waals surface area contributed by atoms with Crippen LogP contribution < -0.4 is 11.1 Å². The molecular formula is C12H16N4O. The highest BCUT2D eigenvalue weighted by atomic mass is 16.5. The van der Waals surface area contributed by atoms with Gasteiger partial charge in [-0.25, -0.2) is 0 Å². The van der Waals surface area contributed by atoms with Gasteiger partial charge in [0, 0.05) is 24.8 Å². The number of nitrogens with zero attached hydrogens (tertiary/aromatic N) is 2. The Bertz CT molecular complexity index is 440. The molecule has 3 heterocycles. The van der Waals surface area contributed by atoms with Crippen molar-refractivity contribution in [2.45, 2.75) is 6.17 Å². The second kappa shape index (κ2) is 4.35. The molecule has 0 radical (unpaired) electrons. The standard InChI is InChI=1S/C12H16N4O/c13-10-8-9-2-1-3-14-11(9)12(15-10)16-4-6-17-7-5-16/h1-3,8,12,15H,4-7,13H2. The molecule has 5 heteroatoms. The molecule has 1 saturated heterocycles. The van der Waals surface area contributed by atoms with Gasteiger partial charge in [0.1, 0.15) is 6.17 Å². The molecule has 0 saturated carbocycles. The van der Waals surface area contributed by atoms with Crippen LogP contribution in [0.5, 0.6) is 0 Å². The van der Waals surface area contributed by atoms with Gasteiger partial charge in [-0.05, 0) is 12.1 Å². The van der Waals surface area contributed by atoms with Gasteiger partial charge < -0.3 is 15.8 Å². The maximum Gasteiger partial charge on any atom is 0.125 e. The van der Waals surface area contributed by atoms with E-state index in [2.05, 4.69) is 15.2 Å². The van der Waals surface area contributed by atoms with Crippen molar-refractivity contribution in [1.29, 1.82) is 0 Å². The molecule has 2 aliphatic rings. The summed E-state index contributed by atoms with van der Waals surface area (Å²) in [5, 5.41) is 3.29. The molecule has 3 rings (SSSR count). The lowest BCUT2D eigenvalue weighted by Crippen LogP contribution is -2.47. The van der Waals surface area contributed by atoms with Crippen molar-refractivity contribution in [3.05, 3.63) is 35.4 Å². The van der Waals surface area contributed by atoms with Gasteiger partial charge in [0.05, 0.1) is 24.7 Å². The van der Waals surface area contributed by atoms with E-state index in [1.807, 2.05) is 24.4 Å². The van der Waals surface area contributed by atoms with Crippen molar-refractivity contribution in [1.82, 2.24) is 15.2 Å². The Morgan fingerprint density at radius 1 is 1.41 bits per heavy atom. The number of nitrogens with two attached hydrogens (primary N) is 1. The Hall–Kier alpha value is -1.59. The van der Waals surface area contributed by atoms with E-state index in [0.717, 1.165) is 37.6 Å². The van der Waals surface area contributed by atoms with E-state index >= 15 is 0 Å². The van der Waals surface area contributed by atoms with Gasteiger partial charge in [-0.15, -0.1) is 0 Å². The van der Waals surface area contributed by atoms with Gasteiger partial charge in [0.15, 0.2) is 0 Å². The smallest absolute Gasteiger partial charge is 0.125 e. The van der Waals surface area contributed by atoms with Crippen LogP contribution in [0.1, 0.15) is 17.4 Å². The molecule has 0 amide bonds. The average molecular weight is 232 g/mol. The topological polar surface area (TPSA) is 63.4 Å². The molecule has 3 N–H and O–H groups in total. The number of ether oxygens (including phenoxy) is 1. The normalized spacial score (nSPS) is 24.7. The highest BCUT2D eigenvalue weighted by molar-refractivity contribution is 5.57. The predicted octanol–water partition coefficient (Wildman–Crippen LogP) is 0.273. The molecule has 1 aromatic heterocycles. The summed E-state index contributed by atoms with van der Waals surface area (Å²) in [6.45, 7) is 3.34. The molecule has 1 unspecified atom stereocenters. The van der Waals surface area contributed by atoms with Crippen molar-refractivity contribution in [2.75, 3.05) is 26.3 Å². The second-order valence-corrected chi connectivity index (χ2v) is 4.27. The fourth-order valence-corrected chi connectivity index (χ4v) is 2.32. The predicted molar refractivity (Wildman–Crippen MR) is 64.7 cm³/mol. The van der Waals surface area contributed by atoms with E-state index in [1.54, 1.807) is 0 Å². The summed E-state index contributed by atoms with van der Waals surface area (Å²) in [6.07, 6.45) is 3.82. The molecule has 5 nitrogen and oxygen atoms in total. The average Bonchev–Trinajstić information content (AvgIpc) is 2.39. The monoisotopic (exact) mass is 232 g/mol. The van der Waals surface area contributed by atoms with Crippen LogP contribution in [0.2, 0.25) is 0 Å². The maximum absolute atomic E-state index is 5.91. The van der Waals surface area contributed by atoms with Crippen molar-refractivity contribution < 1.29 is 4.74 Å². The van der Waals surface area contributed by atoms with Crippen molar-refractivity contribution in [3.8, 4) is 0 Å². The van der Waals surface area contributed by atoms with E-state index < -0.39 is 0 Å². The fraction of sp³-hybridized carbons (Fsp3) is 0.417. The zero-order valence-electron chi connectivity index (χ0n) is 9.60. The van der Waals surface area contributed by atoms with Crippen LogP contribution in [0.25, 0.3) is 6.08 Å². The summed E-state index contributed by atoms with van der Waals surface area (Å²) in [5.74, 6) is 0.696. The van der Waals surface area contributed by atoms with E-state index in [9.17, 15) is 0 Å². The first-order valence-corrected chi connectivity index (χ1v) is 5.85. The first-order chi connectivity index (χ1) is 8.34. The quantitative estimate of drug-likeness (QED) is 0.728. The van der Waals surface area contributed by atoms with Gasteiger partial charge in [-0.1, -0.05) is 6.07 Å². The molecule has 1 fully saturated rings. The van der Waals surface area contributed by atoms with Gasteiger partial charge in [0.25, 0.3) is 0 Å². The Balaban J connectivity index is 1.93. The molecule has 0 aromatic carbocycles. The molecule has 0 bridgehead atoms. The summed E-state index contributed by atoms with van der Waals surface area (Å²) in [4.78, 5) is 6.78. The third kappa shape index (κ3) is 1.99. The Kier molecular flexibility index (Phi) is 2.70. The number of aromatic nitrogens is 1. The number of pyridine rings is 1. The lowest BCUT2D eigenvalue weighted by Gasteiger charge is -2.37. The molecule has 2 aliphatic heterocycles. The molecule has 90 valence electrons. The first kappa shape index (κ1) is 10.6. The van der Waals surface area contributed by atoms with Crippen LogP contribution >= 0.6 is 0 Å². The zero-order valence-corrected chi connectivity index (χ0v) is 9.60. The lowest BCUT2D eigenvalue weighted by atomic mass is 10.1. The summed E-state index contributed by atoms with van der Waals surface area (Å²) >= 11 is 0. The van der Waals surface area contributed by atoms with E-state index in [-0.39, 0.29) is 6.17 Å². The number of hydrogen-bond donors (Lipinski definition) is 2. The second-order valence-electron chi connectivity index (χ2n) is 4.27. The largest absolute Gasteiger partial charge is 0.385 e. The summed E-state index contributed by atoms with van der Waals surface area (Å²) in [6, 6.07) is 3.98. The number of fused-ring (bicyclic) bond motifs is 1. The third-order valence-corrected chi connectivity index (χ3v) is 3.16. The Morgan fingerprint density at radius 2 is 2.24 bits per heavy atom. The zero-order chi connectivity index (χ0) is 11.7. The SMILES string of the molecule is NC1=Cc2cccnc2C(N2CCOCC2)N1. The molecule has 0 aliphatic carbocycles. The first-order valence-electron chi connectivity index (χ1n) is 5.85. The maximum atomic E-state index is 5.91. The van der Waals surface area contributed by atoms with Crippen molar-refractivity contribution in [3.63, 3.8) is 0 Å². The molecule has 0 spiro atoms. The van der Waals surface area contributed by atoms with Crippen LogP contribution in [0.3, 0.4) is 0 Å². The molecule has 1 atom stereocenters. The summed E-state index contributed by atoms with van der Waals surface area (Å²) in [7, 11) is 0. The van der Waals surface area contributed by atoms with Crippen LogP contribution in [0.4, 0.5) is 0 Å². The summed E-state index contributed by atoms with van der Waals surface area (Å²) < 4.78 is 5.37. The lowest BCUT2D eigenvalue weighted by molar-refractivity contribution is 0.00910. The fourth-order valence-electron chi connectivity index (χ4n) is 2.32. The van der Waals surface area contributed by atoms with Crippen LogP contribution in [0.15, 0.2) is 24.2 Å². The minimum absolute atomic E-state index is 0.0695. The van der Waals surface area contributed by atoms with Crippen molar-refractivity contribution in [2.24, 2.45) is 5.73 Å². The van der Waals surface area contributed by atoms with Gasteiger partial charge in [0.2, 0.25) is 0 Å². The van der Waals surface area contributed by atoms with Gasteiger partial charge in [-0.3, -0.25) is 9.88 Å². The number of rotatable bonds is 1. The minimum atomic E-state index is 0.0695. The highest BCUT2D eigenvalue weighted by Crippen LogP contribution is 2.26. The number of morpholine rings is 1. The highest BCUT2D eigenvalue weighted by Gasteiger charge is 2.27. The number of hydrogen-bond acceptors (Lipinski definition) is 5.